The minimum Gasteiger partial charge on any atom is -0.458 e. The standard InChI is InChI=1S/C17H25NO5S/c1-10(2)15(17(19)22-11(3)4)18-23-24(20,21)16-13(6)8-12(5)9-14(16)7/h8-11H,1-7H3. The van der Waals surface area contributed by atoms with Gasteiger partial charge in [0.2, 0.25) is 0 Å². The molecule has 0 heterocycles. The predicted molar refractivity (Wildman–Crippen MR) is 92.4 cm³/mol. The largest absolute Gasteiger partial charge is 0.458 e. The van der Waals surface area contributed by atoms with Crippen LogP contribution in [0, 0.1) is 26.7 Å². The van der Waals surface area contributed by atoms with E-state index in [2.05, 4.69) is 5.16 Å². The molecule has 1 aromatic rings. The molecule has 0 fully saturated rings. The van der Waals surface area contributed by atoms with Gasteiger partial charge in [-0.05, 0) is 45.7 Å². The van der Waals surface area contributed by atoms with Crippen LogP contribution in [0.5, 0.6) is 0 Å². The Balaban J connectivity index is 3.20. The fourth-order valence-electron chi connectivity index (χ4n) is 2.34. The Labute approximate surface area is 144 Å². The van der Waals surface area contributed by atoms with Gasteiger partial charge in [0.05, 0.1) is 6.10 Å². The smallest absolute Gasteiger partial charge is 0.359 e. The first-order valence-electron chi connectivity index (χ1n) is 7.76. The SMILES string of the molecule is Cc1cc(C)c(S(=O)(=O)ON=C(C(=O)OC(C)C)C(C)C)c(C)c1. The molecule has 0 aliphatic heterocycles. The van der Waals surface area contributed by atoms with E-state index in [1.807, 2.05) is 6.92 Å². The van der Waals surface area contributed by atoms with Gasteiger partial charge in [-0.3, -0.25) is 4.28 Å². The molecule has 0 amide bonds. The summed E-state index contributed by atoms with van der Waals surface area (Å²) in [6, 6.07) is 3.51. The second kappa shape index (κ2) is 7.79. The van der Waals surface area contributed by atoms with E-state index in [-0.39, 0.29) is 22.6 Å². The fraction of sp³-hybridized carbons (Fsp3) is 0.529. The van der Waals surface area contributed by atoms with E-state index in [1.165, 1.54) is 0 Å². The first kappa shape index (κ1) is 20.2. The molecule has 0 aromatic heterocycles. The molecule has 0 saturated heterocycles. The van der Waals surface area contributed by atoms with Gasteiger partial charge in [-0.1, -0.05) is 36.7 Å². The lowest BCUT2D eigenvalue weighted by Gasteiger charge is -2.13. The molecule has 1 rings (SSSR count). The molecule has 1 aromatic carbocycles. The number of hydrogen-bond donors (Lipinski definition) is 0. The minimum atomic E-state index is -4.12. The zero-order valence-corrected chi connectivity index (χ0v) is 16.0. The molecule has 134 valence electrons. The number of benzene rings is 1. The average Bonchev–Trinajstić information content (AvgIpc) is 2.35. The van der Waals surface area contributed by atoms with Gasteiger partial charge in [0.25, 0.3) is 0 Å². The van der Waals surface area contributed by atoms with E-state index >= 15 is 0 Å². The number of esters is 1. The number of carbonyl (C=O) groups excluding carboxylic acids is 1. The Bertz CT molecular complexity index is 725. The van der Waals surface area contributed by atoms with Gasteiger partial charge in [0.15, 0.2) is 5.71 Å². The maximum absolute atomic E-state index is 12.5. The number of ether oxygens (including phenoxy) is 1. The van der Waals surface area contributed by atoms with Crippen molar-refractivity contribution in [1.82, 2.24) is 0 Å². The van der Waals surface area contributed by atoms with Crippen molar-refractivity contribution in [2.24, 2.45) is 11.1 Å². The maximum atomic E-state index is 12.5. The Morgan fingerprint density at radius 2 is 1.54 bits per heavy atom. The lowest BCUT2D eigenvalue weighted by molar-refractivity contribution is -0.139. The number of rotatable bonds is 6. The van der Waals surface area contributed by atoms with Crippen LogP contribution in [-0.2, 0) is 23.9 Å². The highest BCUT2D eigenvalue weighted by atomic mass is 32.2. The van der Waals surface area contributed by atoms with E-state index in [0.29, 0.717) is 11.1 Å². The Kier molecular flexibility index (Phi) is 6.54. The Morgan fingerprint density at radius 3 is 1.96 bits per heavy atom. The van der Waals surface area contributed by atoms with Crippen molar-refractivity contribution in [2.75, 3.05) is 0 Å². The molecule has 0 N–H and O–H groups in total. The van der Waals surface area contributed by atoms with E-state index in [1.54, 1.807) is 53.7 Å². The van der Waals surface area contributed by atoms with Crippen molar-refractivity contribution < 1.29 is 22.2 Å². The van der Waals surface area contributed by atoms with E-state index in [4.69, 9.17) is 9.02 Å². The molecule has 7 heteroatoms. The Hall–Kier alpha value is -1.89. The number of aryl methyl sites for hydroxylation is 3. The molecular weight excluding hydrogens is 330 g/mol. The molecule has 0 aliphatic rings. The maximum Gasteiger partial charge on any atom is 0.359 e. The number of hydrogen-bond acceptors (Lipinski definition) is 6. The molecule has 0 radical (unpaired) electrons. The lowest BCUT2D eigenvalue weighted by atomic mass is 10.1. The van der Waals surface area contributed by atoms with Crippen molar-refractivity contribution in [1.29, 1.82) is 0 Å². The molecule has 0 saturated carbocycles. The van der Waals surface area contributed by atoms with Crippen molar-refractivity contribution in [3.05, 3.63) is 28.8 Å². The number of nitrogens with zero attached hydrogens (tertiary/aromatic N) is 1. The van der Waals surface area contributed by atoms with Crippen LogP contribution in [0.25, 0.3) is 0 Å². The highest BCUT2D eigenvalue weighted by Gasteiger charge is 2.25. The van der Waals surface area contributed by atoms with Gasteiger partial charge in [-0.15, -0.1) is 0 Å². The van der Waals surface area contributed by atoms with Crippen LogP contribution < -0.4 is 0 Å². The van der Waals surface area contributed by atoms with Gasteiger partial charge < -0.3 is 4.74 Å². The van der Waals surface area contributed by atoms with Gasteiger partial charge in [-0.2, -0.15) is 8.42 Å². The molecule has 6 nitrogen and oxygen atoms in total. The summed E-state index contributed by atoms with van der Waals surface area (Å²) in [5.74, 6) is -1.03. The van der Waals surface area contributed by atoms with E-state index in [9.17, 15) is 13.2 Å². The summed E-state index contributed by atoms with van der Waals surface area (Å²) in [7, 11) is -4.12. The van der Waals surface area contributed by atoms with Crippen LogP contribution in [0.2, 0.25) is 0 Å². The summed E-state index contributed by atoms with van der Waals surface area (Å²) in [5, 5.41) is 3.58. The zero-order valence-electron chi connectivity index (χ0n) is 15.2. The molecule has 0 atom stereocenters. The topological polar surface area (TPSA) is 82.0 Å². The summed E-state index contributed by atoms with van der Waals surface area (Å²) in [6.07, 6.45) is -0.334. The summed E-state index contributed by atoms with van der Waals surface area (Å²) in [4.78, 5) is 12.1. The van der Waals surface area contributed by atoms with Gasteiger partial charge in [0.1, 0.15) is 4.90 Å². The molecule has 0 unspecified atom stereocenters. The predicted octanol–water partition coefficient (Wildman–Crippen LogP) is 3.28. The average molecular weight is 355 g/mol. The van der Waals surface area contributed by atoms with Crippen LogP contribution in [-0.4, -0.2) is 26.2 Å². The third-order valence-corrected chi connectivity index (χ3v) is 4.60. The van der Waals surface area contributed by atoms with Crippen molar-refractivity contribution >= 4 is 21.8 Å². The molecule has 0 bridgehead atoms. The highest BCUT2D eigenvalue weighted by Crippen LogP contribution is 2.24. The van der Waals surface area contributed by atoms with Gasteiger partial charge in [-0.25, -0.2) is 4.79 Å². The van der Waals surface area contributed by atoms with E-state index < -0.39 is 16.1 Å². The number of oxime groups is 1. The summed E-state index contributed by atoms with van der Waals surface area (Å²) < 4.78 is 34.8. The van der Waals surface area contributed by atoms with Gasteiger partial charge in [0, 0.05) is 5.92 Å². The second-order valence-electron chi connectivity index (χ2n) is 6.34. The highest BCUT2D eigenvalue weighted by molar-refractivity contribution is 7.86. The normalized spacial score (nSPS) is 12.6. The third-order valence-electron chi connectivity index (χ3n) is 3.19. The summed E-state index contributed by atoms with van der Waals surface area (Å²) in [5.41, 5.74) is 2.02. The van der Waals surface area contributed by atoms with Crippen LogP contribution >= 0.6 is 0 Å². The van der Waals surface area contributed by atoms with Crippen LogP contribution in [0.15, 0.2) is 22.2 Å². The molecular formula is C17H25NO5S. The molecule has 0 aliphatic carbocycles. The number of carbonyl (C=O) groups is 1. The minimum absolute atomic E-state index is 0.0668. The fourth-order valence-corrected chi connectivity index (χ4v) is 3.50. The van der Waals surface area contributed by atoms with E-state index in [0.717, 1.165) is 5.56 Å². The second-order valence-corrected chi connectivity index (χ2v) is 7.81. The van der Waals surface area contributed by atoms with Crippen LogP contribution in [0.3, 0.4) is 0 Å². The van der Waals surface area contributed by atoms with Crippen molar-refractivity contribution in [2.45, 2.75) is 59.5 Å². The first-order valence-corrected chi connectivity index (χ1v) is 9.17. The quantitative estimate of drug-likeness (QED) is 0.444. The zero-order chi connectivity index (χ0) is 18.7. The van der Waals surface area contributed by atoms with Crippen LogP contribution in [0.4, 0.5) is 0 Å². The lowest BCUT2D eigenvalue weighted by Crippen LogP contribution is -2.26. The first-order chi connectivity index (χ1) is 11.0. The molecule has 0 spiro atoms. The van der Waals surface area contributed by atoms with Crippen molar-refractivity contribution in [3.8, 4) is 0 Å². The summed E-state index contributed by atoms with van der Waals surface area (Å²) in [6.45, 7) is 12.1. The summed E-state index contributed by atoms with van der Waals surface area (Å²) >= 11 is 0. The monoisotopic (exact) mass is 355 g/mol. The third kappa shape index (κ3) is 5.06. The van der Waals surface area contributed by atoms with Gasteiger partial charge >= 0.3 is 16.1 Å². The van der Waals surface area contributed by atoms with Crippen LogP contribution in [0.1, 0.15) is 44.4 Å². The molecule has 24 heavy (non-hydrogen) atoms. The Morgan fingerprint density at radius 1 is 1.04 bits per heavy atom. The van der Waals surface area contributed by atoms with Crippen molar-refractivity contribution in [3.63, 3.8) is 0 Å².